The molecule has 2 heterocycles. The quantitative estimate of drug-likeness (QED) is 0.711. The van der Waals surface area contributed by atoms with E-state index in [1.807, 2.05) is 0 Å². The molecule has 0 spiro atoms. The fourth-order valence-corrected chi connectivity index (χ4v) is 4.61. The smallest absolute Gasteiger partial charge is 0.329 e. The highest BCUT2D eigenvalue weighted by atomic mass is 32.2. The largest absolute Gasteiger partial charge is 0.451 e. The lowest BCUT2D eigenvalue weighted by Gasteiger charge is -2.36. The molecule has 2 aliphatic heterocycles. The summed E-state index contributed by atoms with van der Waals surface area (Å²) in [5.74, 6) is -0.572. The van der Waals surface area contributed by atoms with Crippen LogP contribution in [0, 0.1) is 0 Å². The molecule has 8 nitrogen and oxygen atoms in total. The number of ether oxygens (including phenoxy) is 1. The number of hydrogen-bond acceptors (Lipinski definition) is 6. The maximum atomic E-state index is 12.7. The van der Waals surface area contributed by atoms with E-state index < -0.39 is 28.1 Å². The Kier molecular flexibility index (Phi) is 5.23. The fourth-order valence-electron chi connectivity index (χ4n) is 3.39. The van der Waals surface area contributed by atoms with E-state index >= 15 is 0 Å². The SMILES string of the molecule is C[C@H](OC(=O)[C@@H]1CCCCN1C1=NS(=O)(=O)c2ccccc21)C(=O)N(C)C. The summed E-state index contributed by atoms with van der Waals surface area (Å²) in [6.45, 7) is 2.03. The van der Waals surface area contributed by atoms with Gasteiger partial charge in [-0.2, -0.15) is 8.42 Å². The second kappa shape index (κ2) is 7.30. The van der Waals surface area contributed by atoms with E-state index in [0.717, 1.165) is 12.8 Å². The molecule has 0 aliphatic carbocycles. The standard InChI is InChI=1S/C18H23N3O5S/c1-12(17(22)20(2)3)26-18(23)14-9-6-7-11-21(14)16-13-8-4-5-10-15(13)27(24,25)19-16/h4-5,8,10,12,14H,6-7,9,11H2,1-3H3/t12-,14-/m0/s1. The van der Waals surface area contributed by atoms with Crippen molar-refractivity contribution < 1.29 is 22.7 Å². The number of esters is 1. The van der Waals surface area contributed by atoms with Crippen molar-refractivity contribution >= 4 is 27.7 Å². The maximum Gasteiger partial charge on any atom is 0.329 e. The molecule has 1 aromatic carbocycles. The zero-order valence-electron chi connectivity index (χ0n) is 15.6. The Morgan fingerprint density at radius 1 is 1.26 bits per heavy atom. The van der Waals surface area contributed by atoms with Crippen LogP contribution in [0.5, 0.6) is 0 Å². The molecule has 146 valence electrons. The summed E-state index contributed by atoms with van der Waals surface area (Å²) in [7, 11) is -0.584. The first-order chi connectivity index (χ1) is 12.7. The molecule has 1 amide bonds. The van der Waals surface area contributed by atoms with Gasteiger partial charge in [0.2, 0.25) is 0 Å². The van der Waals surface area contributed by atoms with E-state index in [1.54, 1.807) is 37.2 Å². The van der Waals surface area contributed by atoms with Gasteiger partial charge in [0.15, 0.2) is 11.9 Å². The summed E-state index contributed by atoms with van der Waals surface area (Å²) in [5.41, 5.74) is 0.495. The molecule has 0 bridgehead atoms. The van der Waals surface area contributed by atoms with Crippen LogP contribution in [0.1, 0.15) is 31.7 Å². The minimum Gasteiger partial charge on any atom is -0.451 e. The monoisotopic (exact) mass is 393 g/mol. The van der Waals surface area contributed by atoms with E-state index in [1.165, 1.54) is 17.9 Å². The summed E-state index contributed by atoms with van der Waals surface area (Å²) in [6, 6.07) is 5.91. The third-order valence-electron chi connectivity index (χ3n) is 4.74. The van der Waals surface area contributed by atoms with E-state index in [4.69, 9.17) is 4.74 Å². The molecule has 0 unspecified atom stereocenters. The van der Waals surface area contributed by atoms with Gasteiger partial charge < -0.3 is 14.5 Å². The molecular weight excluding hydrogens is 370 g/mol. The lowest BCUT2D eigenvalue weighted by molar-refractivity contribution is -0.162. The van der Waals surface area contributed by atoms with Gasteiger partial charge in [-0.1, -0.05) is 12.1 Å². The van der Waals surface area contributed by atoms with Crippen LogP contribution in [0.4, 0.5) is 0 Å². The van der Waals surface area contributed by atoms with Crippen molar-refractivity contribution in [1.82, 2.24) is 9.80 Å². The first-order valence-electron chi connectivity index (χ1n) is 8.85. The normalized spacial score (nSPS) is 21.8. The molecular formula is C18H23N3O5S. The number of likely N-dealkylation sites (tertiary alicyclic amines) is 1. The molecule has 27 heavy (non-hydrogen) atoms. The van der Waals surface area contributed by atoms with Gasteiger partial charge in [-0.25, -0.2) is 4.79 Å². The minimum absolute atomic E-state index is 0.147. The zero-order valence-corrected chi connectivity index (χ0v) is 16.4. The van der Waals surface area contributed by atoms with Gasteiger partial charge >= 0.3 is 5.97 Å². The van der Waals surface area contributed by atoms with E-state index in [9.17, 15) is 18.0 Å². The number of likely N-dealkylation sites (N-methyl/N-ethyl adjacent to an activating group) is 1. The predicted octanol–water partition coefficient (Wildman–Crippen LogP) is 1.01. The highest BCUT2D eigenvalue weighted by Gasteiger charge is 2.39. The van der Waals surface area contributed by atoms with Crippen LogP contribution in [-0.4, -0.2) is 68.7 Å². The van der Waals surface area contributed by atoms with Crippen LogP contribution in [0.2, 0.25) is 0 Å². The second-order valence-electron chi connectivity index (χ2n) is 6.90. The number of hydrogen-bond donors (Lipinski definition) is 0. The van der Waals surface area contributed by atoms with Crippen LogP contribution in [0.15, 0.2) is 33.6 Å². The van der Waals surface area contributed by atoms with Crippen molar-refractivity contribution in [2.24, 2.45) is 4.40 Å². The topological polar surface area (TPSA) is 96.3 Å². The van der Waals surface area contributed by atoms with Crippen LogP contribution < -0.4 is 0 Å². The lowest BCUT2D eigenvalue weighted by atomic mass is 10.0. The molecule has 0 radical (unpaired) electrons. The molecule has 1 fully saturated rings. The molecule has 0 N–H and O–H groups in total. The summed E-state index contributed by atoms with van der Waals surface area (Å²) in [4.78, 5) is 27.9. The molecule has 1 aromatic rings. The average Bonchev–Trinajstić information content (AvgIpc) is 2.92. The van der Waals surface area contributed by atoms with Gasteiger partial charge in [-0.3, -0.25) is 4.79 Å². The Labute approximate surface area is 158 Å². The van der Waals surface area contributed by atoms with Crippen molar-refractivity contribution in [2.75, 3.05) is 20.6 Å². The second-order valence-corrected chi connectivity index (χ2v) is 8.48. The van der Waals surface area contributed by atoms with Gasteiger partial charge in [-0.15, -0.1) is 4.40 Å². The Morgan fingerprint density at radius 3 is 2.67 bits per heavy atom. The van der Waals surface area contributed by atoms with Crippen molar-refractivity contribution in [3.63, 3.8) is 0 Å². The third-order valence-corrected chi connectivity index (χ3v) is 6.07. The van der Waals surface area contributed by atoms with Crippen molar-refractivity contribution in [1.29, 1.82) is 0 Å². The third kappa shape index (κ3) is 3.69. The van der Waals surface area contributed by atoms with Crippen LogP contribution in [-0.2, 0) is 24.3 Å². The Hall–Kier alpha value is -2.42. The van der Waals surface area contributed by atoms with Crippen molar-refractivity contribution in [3.8, 4) is 0 Å². The average molecular weight is 393 g/mol. The zero-order chi connectivity index (χ0) is 19.8. The Morgan fingerprint density at radius 2 is 1.96 bits per heavy atom. The number of carbonyl (C=O) groups is 2. The summed E-state index contributed by atoms with van der Waals surface area (Å²) in [6.07, 6.45) is 1.24. The molecule has 3 rings (SSSR count). The van der Waals surface area contributed by atoms with E-state index in [0.29, 0.717) is 18.5 Å². The summed E-state index contributed by atoms with van der Waals surface area (Å²) >= 11 is 0. The number of amidine groups is 1. The van der Waals surface area contributed by atoms with Gasteiger partial charge in [-0.05, 0) is 38.3 Å². The Bertz CT molecular complexity index is 894. The molecule has 2 aliphatic rings. The van der Waals surface area contributed by atoms with E-state index in [-0.39, 0.29) is 16.6 Å². The first kappa shape index (κ1) is 19.3. The highest BCUT2D eigenvalue weighted by molar-refractivity contribution is 7.90. The number of nitrogens with zero attached hydrogens (tertiary/aromatic N) is 3. The number of piperidine rings is 1. The number of rotatable bonds is 3. The number of amides is 1. The number of benzene rings is 1. The number of fused-ring (bicyclic) bond motifs is 1. The van der Waals surface area contributed by atoms with Crippen LogP contribution in [0.3, 0.4) is 0 Å². The molecule has 0 aromatic heterocycles. The van der Waals surface area contributed by atoms with Crippen LogP contribution >= 0.6 is 0 Å². The summed E-state index contributed by atoms with van der Waals surface area (Å²) in [5, 5.41) is 0. The van der Waals surface area contributed by atoms with Gasteiger partial charge in [0.1, 0.15) is 10.9 Å². The molecule has 1 saturated heterocycles. The number of sulfonamides is 1. The fraction of sp³-hybridized carbons (Fsp3) is 0.500. The van der Waals surface area contributed by atoms with Gasteiger partial charge in [0.05, 0.1) is 0 Å². The summed E-state index contributed by atoms with van der Waals surface area (Å²) < 4.78 is 34.0. The van der Waals surface area contributed by atoms with Gasteiger partial charge in [0.25, 0.3) is 15.9 Å². The lowest BCUT2D eigenvalue weighted by Crippen LogP contribution is -2.50. The minimum atomic E-state index is -3.77. The predicted molar refractivity (Wildman–Crippen MR) is 98.8 cm³/mol. The van der Waals surface area contributed by atoms with Gasteiger partial charge in [0, 0.05) is 26.2 Å². The number of carbonyl (C=O) groups excluding carboxylic acids is 2. The maximum absolute atomic E-state index is 12.7. The Balaban J connectivity index is 1.87. The molecule has 0 saturated carbocycles. The van der Waals surface area contributed by atoms with Crippen molar-refractivity contribution in [3.05, 3.63) is 29.8 Å². The first-order valence-corrected chi connectivity index (χ1v) is 10.3. The molecule has 9 heteroatoms. The molecule has 2 atom stereocenters. The van der Waals surface area contributed by atoms with E-state index in [2.05, 4.69) is 4.40 Å². The van der Waals surface area contributed by atoms with Crippen molar-refractivity contribution in [2.45, 2.75) is 43.2 Å². The highest BCUT2D eigenvalue weighted by Crippen LogP contribution is 2.31. The van der Waals surface area contributed by atoms with Crippen LogP contribution in [0.25, 0.3) is 0 Å².